The third kappa shape index (κ3) is 5.41. The Balaban J connectivity index is 1.84. The fourth-order valence-electron chi connectivity index (χ4n) is 2.20. The smallest absolute Gasteiger partial charge is 0.175 e. The number of rotatable bonds is 10. The summed E-state index contributed by atoms with van der Waals surface area (Å²) in [6, 6.07) is 4.04. The molecule has 0 radical (unpaired) electrons. The number of benzene rings is 1. The first kappa shape index (κ1) is 17.6. The maximum absolute atomic E-state index is 5.63. The van der Waals surface area contributed by atoms with Crippen LogP contribution >= 0.6 is 15.9 Å². The zero-order chi connectivity index (χ0) is 16.5. The molecule has 23 heavy (non-hydrogen) atoms. The summed E-state index contributed by atoms with van der Waals surface area (Å²) in [6.45, 7) is 6.79. The van der Waals surface area contributed by atoms with Crippen LogP contribution < -0.4 is 14.8 Å². The predicted molar refractivity (Wildman–Crippen MR) is 94.9 cm³/mol. The molecule has 124 valence electrons. The first-order chi connectivity index (χ1) is 11.2. The highest BCUT2D eigenvalue weighted by atomic mass is 79.9. The molecule has 1 aromatic heterocycles. The average Bonchev–Trinajstić information content (AvgIpc) is 3.06. The van der Waals surface area contributed by atoms with Crippen molar-refractivity contribution in [1.82, 2.24) is 14.9 Å². The standard InChI is InChI=1S/C17H22BrN3O2/c1-3-9-23-17-15(18)10-14(11-16(17)22-2)12-19-5-4-7-21-8-6-20-13-21/h3,6,8,10-11,13,19H,1,4-5,7,9,12H2,2H3. The van der Waals surface area contributed by atoms with Crippen molar-refractivity contribution in [3.63, 3.8) is 0 Å². The Morgan fingerprint density at radius 2 is 2.30 bits per heavy atom. The van der Waals surface area contributed by atoms with Gasteiger partial charge in [0.2, 0.25) is 0 Å². The number of hydrogen-bond acceptors (Lipinski definition) is 4. The summed E-state index contributed by atoms with van der Waals surface area (Å²) in [6.07, 6.45) is 8.37. The summed E-state index contributed by atoms with van der Waals surface area (Å²) in [7, 11) is 1.64. The van der Waals surface area contributed by atoms with E-state index in [0.29, 0.717) is 12.4 Å². The molecule has 0 saturated heterocycles. The van der Waals surface area contributed by atoms with Gasteiger partial charge < -0.3 is 19.4 Å². The van der Waals surface area contributed by atoms with Gasteiger partial charge in [0.1, 0.15) is 6.61 Å². The summed E-state index contributed by atoms with van der Waals surface area (Å²) in [5, 5.41) is 3.44. The maximum Gasteiger partial charge on any atom is 0.175 e. The molecule has 5 nitrogen and oxygen atoms in total. The van der Waals surface area contributed by atoms with Gasteiger partial charge in [-0.2, -0.15) is 0 Å². The van der Waals surface area contributed by atoms with Crippen molar-refractivity contribution in [3.8, 4) is 11.5 Å². The topological polar surface area (TPSA) is 48.3 Å². The number of nitrogens with one attached hydrogen (secondary N) is 1. The quantitative estimate of drug-likeness (QED) is 0.507. The second-order valence-electron chi connectivity index (χ2n) is 5.04. The van der Waals surface area contributed by atoms with Crippen LogP contribution in [-0.2, 0) is 13.1 Å². The second kappa shape index (κ2) is 9.37. The summed E-state index contributed by atoms with van der Waals surface area (Å²) in [5.74, 6) is 1.42. The van der Waals surface area contributed by atoms with E-state index in [1.54, 1.807) is 19.4 Å². The molecule has 6 heteroatoms. The molecule has 0 aliphatic heterocycles. The van der Waals surface area contributed by atoms with E-state index in [-0.39, 0.29) is 0 Å². The van der Waals surface area contributed by atoms with Gasteiger partial charge in [-0.1, -0.05) is 12.7 Å². The van der Waals surface area contributed by atoms with Crippen molar-refractivity contribution in [1.29, 1.82) is 0 Å². The zero-order valence-corrected chi connectivity index (χ0v) is 14.9. The fourth-order valence-corrected chi connectivity index (χ4v) is 2.80. The van der Waals surface area contributed by atoms with E-state index in [9.17, 15) is 0 Å². The highest BCUT2D eigenvalue weighted by molar-refractivity contribution is 9.10. The number of hydrogen-bond donors (Lipinski definition) is 1. The van der Waals surface area contributed by atoms with Crippen molar-refractivity contribution < 1.29 is 9.47 Å². The number of aryl methyl sites for hydroxylation is 1. The van der Waals surface area contributed by atoms with Gasteiger partial charge in [0.25, 0.3) is 0 Å². The maximum atomic E-state index is 5.63. The van der Waals surface area contributed by atoms with Crippen molar-refractivity contribution in [2.75, 3.05) is 20.3 Å². The minimum absolute atomic E-state index is 0.445. The van der Waals surface area contributed by atoms with Crippen LogP contribution in [0.2, 0.25) is 0 Å². The first-order valence-electron chi connectivity index (χ1n) is 7.51. The molecule has 0 bridgehead atoms. The molecule has 0 spiro atoms. The van der Waals surface area contributed by atoms with Crippen LogP contribution in [0, 0.1) is 0 Å². The fraction of sp³-hybridized carbons (Fsp3) is 0.353. The Hall–Kier alpha value is -1.79. The minimum Gasteiger partial charge on any atom is -0.493 e. The van der Waals surface area contributed by atoms with Crippen LogP contribution in [0.1, 0.15) is 12.0 Å². The summed E-state index contributed by atoms with van der Waals surface area (Å²) < 4.78 is 14.0. The van der Waals surface area contributed by atoms with Crippen LogP contribution in [0.4, 0.5) is 0 Å². The van der Waals surface area contributed by atoms with E-state index in [2.05, 4.69) is 37.4 Å². The first-order valence-corrected chi connectivity index (χ1v) is 8.30. The average molecular weight is 380 g/mol. The molecule has 1 N–H and O–H groups in total. The number of aromatic nitrogens is 2. The lowest BCUT2D eigenvalue weighted by Gasteiger charge is -2.14. The predicted octanol–water partition coefficient (Wildman–Crippen LogP) is 3.40. The Bertz CT molecular complexity index is 615. The Morgan fingerprint density at radius 1 is 1.43 bits per heavy atom. The highest BCUT2D eigenvalue weighted by Crippen LogP contribution is 2.36. The van der Waals surface area contributed by atoms with Crippen molar-refractivity contribution in [2.24, 2.45) is 0 Å². The van der Waals surface area contributed by atoms with Crippen LogP contribution in [0.5, 0.6) is 11.5 Å². The van der Waals surface area contributed by atoms with Gasteiger partial charge in [-0.3, -0.25) is 0 Å². The minimum atomic E-state index is 0.445. The SMILES string of the molecule is C=CCOc1c(Br)cc(CNCCCn2ccnc2)cc1OC. The van der Waals surface area contributed by atoms with E-state index in [1.165, 1.54) is 0 Å². The molecular formula is C17H22BrN3O2. The number of imidazole rings is 1. The summed E-state index contributed by atoms with van der Waals surface area (Å²) >= 11 is 3.54. The van der Waals surface area contributed by atoms with Crippen LogP contribution in [0.15, 0.2) is 48.0 Å². The zero-order valence-electron chi connectivity index (χ0n) is 13.3. The van der Waals surface area contributed by atoms with E-state index < -0.39 is 0 Å². The van der Waals surface area contributed by atoms with Gasteiger partial charge in [0.15, 0.2) is 11.5 Å². The third-order valence-electron chi connectivity index (χ3n) is 3.29. The van der Waals surface area contributed by atoms with E-state index >= 15 is 0 Å². The molecule has 0 atom stereocenters. The van der Waals surface area contributed by atoms with Gasteiger partial charge in [0.05, 0.1) is 17.9 Å². The lowest BCUT2D eigenvalue weighted by Crippen LogP contribution is -2.16. The molecule has 0 unspecified atom stereocenters. The molecule has 0 aliphatic carbocycles. The van der Waals surface area contributed by atoms with Gasteiger partial charge >= 0.3 is 0 Å². The van der Waals surface area contributed by atoms with Crippen LogP contribution in [0.25, 0.3) is 0 Å². The Morgan fingerprint density at radius 3 is 3.00 bits per heavy atom. The van der Waals surface area contributed by atoms with Gasteiger partial charge in [-0.05, 0) is 46.6 Å². The number of ether oxygens (including phenoxy) is 2. The Labute approximate surface area is 145 Å². The van der Waals surface area contributed by atoms with E-state index in [4.69, 9.17) is 9.47 Å². The normalized spacial score (nSPS) is 10.5. The molecule has 0 fully saturated rings. The molecule has 2 rings (SSSR count). The van der Waals surface area contributed by atoms with Crippen LogP contribution in [-0.4, -0.2) is 29.8 Å². The lowest BCUT2D eigenvalue weighted by atomic mass is 10.2. The highest BCUT2D eigenvalue weighted by Gasteiger charge is 2.11. The van der Waals surface area contributed by atoms with Crippen molar-refractivity contribution >= 4 is 15.9 Å². The molecule has 0 aliphatic rings. The second-order valence-corrected chi connectivity index (χ2v) is 5.89. The molecule has 1 aromatic carbocycles. The summed E-state index contributed by atoms with van der Waals surface area (Å²) in [4.78, 5) is 4.03. The van der Waals surface area contributed by atoms with Gasteiger partial charge in [-0.25, -0.2) is 4.98 Å². The van der Waals surface area contributed by atoms with Crippen LogP contribution in [0.3, 0.4) is 0 Å². The monoisotopic (exact) mass is 379 g/mol. The summed E-state index contributed by atoms with van der Waals surface area (Å²) in [5.41, 5.74) is 1.14. The number of methoxy groups -OCH3 is 1. The Kier molecular flexibility index (Phi) is 7.16. The van der Waals surface area contributed by atoms with E-state index in [1.807, 2.05) is 24.7 Å². The lowest BCUT2D eigenvalue weighted by molar-refractivity contribution is 0.324. The molecule has 0 amide bonds. The number of nitrogens with zero attached hydrogens (tertiary/aromatic N) is 2. The number of halogens is 1. The third-order valence-corrected chi connectivity index (χ3v) is 3.88. The molecule has 1 heterocycles. The molecule has 2 aromatic rings. The van der Waals surface area contributed by atoms with Crippen molar-refractivity contribution in [2.45, 2.75) is 19.5 Å². The van der Waals surface area contributed by atoms with E-state index in [0.717, 1.165) is 41.8 Å². The van der Waals surface area contributed by atoms with Gasteiger partial charge in [0, 0.05) is 25.5 Å². The van der Waals surface area contributed by atoms with Crippen molar-refractivity contribution in [3.05, 3.63) is 53.5 Å². The van der Waals surface area contributed by atoms with Gasteiger partial charge in [-0.15, -0.1) is 0 Å². The molecule has 0 saturated carbocycles. The largest absolute Gasteiger partial charge is 0.493 e. The molecular weight excluding hydrogens is 358 g/mol.